The fraction of sp³-hybridized carbons (Fsp3) is 0.571. The van der Waals surface area contributed by atoms with Crippen molar-refractivity contribution in [2.24, 2.45) is 0 Å². The Morgan fingerprint density at radius 2 is 2.12 bits per heavy atom. The zero-order chi connectivity index (χ0) is 12.5. The maximum absolute atomic E-state index is 5.81. The van der Waals surface area contributed by atoms with Gasteiger partial charge in [-0.25, -0.2) is 0 Å². The third-order valence-electron chi connectivity index (χ3n) is 2.72. The number of nitrogen functional groups attached to an aromatic ring is 1. The van der Waals surface area contributed by atoms with Gasteiger partial charge in [0.15, 0.2) is 0 Å². The second kappa shape index (κ2) is 8.43. The van der Waals surface area contributed by atoms with Crippen molar-refractivity contribution in [1.29, 1.82) is 0 Å². The number of benzene rings is 1. The topological polar surface area (TPSA) is 29.3 Å². The summed E-state index contributed by atoms with van der Waals surface area (Å²) in [4.78, 5) is 2.52. The van der Waals surface area contributed by atoms with Gasteiger partial charge in [0.2, 0.25) is 0 Å². The predicted octanol–water partition coefficient (Wildman–Crippen LogP) is 3.23. The van der Waals surface area contributed by atoms with Crippen molar-refractivity contribution < 1.29 is 0 Å². The van der Waals surface area contributed by atoms with E-state index in [1.165, 1.54) is 37.2 Å². The van der Waals surface area contributed by atoms with E-state index < -0.39 is 0 Å². The number of thioether (sulfide) groups is 1. The van der Waals surface area contributed by atoms with Crippen LogP contribution < -0.4 is 5.73 Å². The average molecular weight is 252 g/mol. The molecule has 17 heavy (non-hydrogen) atoms. The molecule has 2 N–H and O–H groups in total. The van der Waals surface area contributed by atoms with Crippen LogP contribution in [-0.4, -0.2) is 30.0 Å². The summed E-state index contributed by atoms with van der Waals surface area (Å²) in [6.45, 7) is 5.61. The van der Waals surface area contributed by atoms with E-state index in [1.807, 2.05) is 23.9 Å². The Kier molecular flexibility index (Phi) is 7.13. The standard InChI is InChI=1S/C14H24N2S/c1-3-8-16(9-5-10-17-2)12-13-6-4-7-14(15)11-13/h4,6-7,11H,3,5,8-10,12,15H2,1-2H3. The minimum atomic E-state index is 0.864. The molecule has 0 fully saturated rings. The minimum Gasteiger partial charge on any atom is -0.399 e. The second-order valence-electron chi connectivity index (χ2n) is 4.37. The van der Waals surface area contributed by atoms with Gasteiger partial charge < -0.3 is 5.73 Å². The first-order valence-corrected chi connectivity index (χ1v) is 7.71. The summed E-state index contributed by atoms with van der Waals surface area (Å²) in [6, 6.07) is 8.23. The highest BCUT2D eigenvalue weighted by Crippen LogP contribution is 2.10. The molecule has 2 nitrogen and oxygen atoms in total. The minimum absolute atomic E-state index is 0.864. The lowest BCUT2D eigenvalue weighted by Crippen LogP contribution is -2.25. The number of hydrogen-bond donors (Lipinski definition) is 1. The van der Waals surface area contributed by atoms with Gasteiger partial charge in [0.05, 0.1) is 0 Å². The zero-order valence-electron chi connectivity index (χ0n) is 11.0. The first-order valence-electron chi connectivity index (χ1n) is 6.32. The van der Waals surface area contributed by atoms with Crippen LogP contribution in [0.15, 0.2) is 24.3 Å². The Labute approximate surface area is 110 Å². The van der Waals surface area contributed by atoms with E-state index in [0.717, 1.165) is 12.2 Å². The van der Waals surface area contributed by atoms with Gasteiger partial charge in [0.25, 0.3) is 0 Å². The summed E-state index contributed by atoms with van der Waals surface area (Å²) < 4.78 is 0. The molecule has 0 radical (unpaired) electrons. The van der Waals surface area contributed by atoms with Gasteiger partial charge >= 0.3 is 0 Å². The Balaban J connectivity index is 2.47. The number of rotatable bonds is 8. The second-order valence-corrected chi connectivity index (χ2v) is 5.35. The summed E-state index contributed by atoms with van der Waals surface area (Å²) in [5.74, 6) is 1.25. The van der Waals surface area contributed by atoms with Crippen LogP contribution in [0.4, 0.5) is 5.69 Å². The van der Waals surface area contributed by atoms with Crippen molar-refractivity contribution >= 4 is 17.4 Å². The predicted molar refractivity (Wildman–Crippen MR) is 79.4 cm³/mol. The highest BCUT2D eigenvalue weighted by molar-refractivity contribution is 7.98. The van der Waals surface area contributed by atoms with Crippen LogP contribution in [0.2, 0.25) is 0 Å². The van der Waals surface area contributed by atoms with Gasteiger partial charge in [-0.05, 0) is 55.6 Å². The van der Waals surface area contributed by atoms with Crippen LogP contribution in [0.3, 0.4) is 0 Å². The molecule has 0 bridgehead atoms. The molecule has 0 atom stereocenters. The van der Waals surface area contributed by atoms with Crippen LogP contribution >= 0.6 is 11.8 Å². The van der Waals surface area contributed by atoms with Gasteiger partial charge in [-0.2, -0.15) is 11.8 Å². The van der Waals surface area contributed by atoms with E-state index in [-0.39, 0.29) is 0 Å². The molecule has 0 amide bonds. The van der Waals surface area contributed by atoms with Crippen molar-refractivity contribution in [2.75, 3.05) is 30.8 Å². The lowest BCUT2D eigenvalue weighted by atomic mass is 10.2. The Hall–Kier alpha value is -0.670. The number of hydrogen-bond acceptors (Lipinski definition) is 3. The molecule has 0 heterocycles. The molecule has 0 spiro atoms. The molecular weight excluding hydrogens is 228 g/mol. The van der Waals surface area contributed by atoms with Gasteiger partial charge in [-0.3, -0.25) is 4.90 Å². The van der Waals surface area contributed by atoms with Gasteiger partial charge in [-0.15, -0.1) is 0 Å². The summed E-state index contributed by atoms with van der Waals surface area (Å²) in [5, 5.41) is 0. The number of nitrogens with two attached hydrogens (primary N) is 1. The maximum atomic E-state index is 5.81. The van der Waals surface area contributed by atoms with Crippen LogP contribution in [0.1, 0.15) is 25.3 Å². The normalized spacial score (nSPS) is 11.0. The quantitative estimate of drug-likeness (QED) is 0.569. The molecule has 96 valence electrons. The largest absolute Gasteiger partial charge is 0.399 e. The van der Waals surface area contributed by atoms with Crippen LogP contribution in [0, 0.1) is 0 Å². The van der Waals surface area contributed by atoms with E-state index >= 15 is 0 Å². The highest BCUT2D eigenvalue weighted by Gasteiger charge is 2.04. The van der Waals surface area contributed by atoms with Crippen molar-refractivity contribution in [3.8, 4) is 0 Å². The fourth-order valence-corrected chi connectivity index (χ4v) is 2.39. The smallest absolute Gasteiger partial charge is 0.0317 e. The van der Waals surface area contributed by atoms with E-state index in [1.54, 1.807) is 0 Å². The van der Waals surface area contributed by atoms with Crippen molar-refractivity contribution in [3.63, 3.8) is 0 Å². The molecule has 0 aliphatic rings. The zero-order valence-corrected chi connectivity index (χ0v) is 11.8. The van der Waals surface area contributed by atoms with Gasteiger partial charge in [-0.1, -0.05) is 19.1 Å². The summed E-state index contributed by atoms with van der Waals surface area (Å²) in [5.41, 5.74) is 7.99. The van der Waals surface area contributed by atoms with Crippen molar-refractivity contribution in [3.05, 3.63) is 29.8 Å². The Morgan fingerprint density at radius 3 is 2.76 bits per heavy atom. The van der Waals surface area contributed by atoms with Crippen molar-refractivity contribution in [1.82, 2.24) is 4.90 Å². The molecule has 0 unspecified atom stereocenters. The van der Waals surface area contributed by atoms with E-state index in [9.17, 15) is 0 Å². The lowest BCUT2D eigenvalue weighted by molar-refractivity contribution is 0.267. The molecular formula is C14H24N2S. The molecule has 3 heteroatoms. The Bertz CT molecular complexity index is 315. The first-order chi connectivity index (χ1) is 8.26. The molecule has 0 aliphatic carbocycles. The van der Waals surface area contributed by atoms with Crippen LogP contribution in [0.25, 0.3) is 0 Å². The van der Waals surface area contributed by atoms with Gasteiger partial charge in [0, 0.05) is 12.2 Å². The average Bonchev–Trinajstić information content (AvgIpc) is 2.29. The van der Waals surface area contributed by atoms with Crippen LogP contribution in [-0.2, 0) is 6.54 Å². The molecule has 1 aromatic rings. The third kappa shape index (κ3) is 5.99. The van der Waals surface area contributed by atoms with Crippen molar-refractivity contribution in [2.45, 2.75) is 26.3 Å². The SMILES string of the molecule is CCCN(CCCSC)Cc1cccc(N)c1. The summed E-state index contributed by atoms with van der Waals surface area (Å²) in [7, 11) is 0. The lowest BCUT2D eigenvalue weighted by Gasteiger charge is -2.21. The number of anilines is 1. The first kappa shape index (κ1) is 14.4. The van der Waals surface area contributed by atoms with Crippen LogP contribution in [0.5, 0.6) is 0 Å². The van der Waals surface area contributed by atoms with E-state index in [2.05, 4.69) is 30.2 Å². The fourth-order valence-electron chi connectivity index (χ4n) is 1.97. The van der Waals surface area contributed by atoms with E-state index in [0.29, 0.717) is 0 Å². The summed E-state index contributed by atoms with van der Waals surface area (Å²) in [6.07, 6.45) is 4.65. The molecule has 0 aliphatic heterocycles. The maximum Gasteiger partial charge on any atom is 0.0317 e. The monoisotopic (exact) mass is 252 g/mol. The van der Waals surface area contributed by atoms with E-state index in [4.69, 9.17) is 5.73 Å². The molecule has 1 aromatic carbocycles. The Morgan fingerprint density at radius 1 is 1.29 bits per heavy atom. The highest BCUT2D eigenvalue weighted by atomic mass is 32.2. The molecule has 1 rings (SSSR count). The third-order valence-corrected chi connectivity index (χ3v) is 3.42. The molecule has 0 aromatic heterocycles. The number of nitrogens with zero attached hydrogens (tertiary/aromatic N) is 1. The van der Waals surface area contributed by atoms with Gasteiger partial charge in [0.1, 0.15) is 0 Å². The molecule has 0 saturated carbocycles. The summed E-state index contributed by atoms with van der Waals surface area (Å²) >= 11 is 1.92. The molecule has 0 saturated heterocycles.